The summed E-state index contributed by atoms with van der Waals surface area (Å²) >= 11 is 0. The van der Waals surface area contributed by atoms with Crippen LogP contribution in [0.3, 0.4) is 0 Å². The number of amides is 1. The summed E-state index contributed by atoms with van der Waals surface area (Å²) < 4.78 is 6.71. The number of ether oxygens (including phenoxy) is 1. The van der Waals surface area contributed by atoms with E-state index in [4.69, 9.17) is 4.74 Å². The predicted molar refractivity (Wildman–Crippen MR) is 109 cm³/mol. The zero-order valence-corrected chi connectivity index (χ0v) is 16.9. The summed E-state index contributed by atoms with van der Waals surface area (Å²) in [5, 5.41) is 7.14. The van der Waals surface area contributed by atoms with E-state index in [0.29, 0.717) is 0 Å². The van der Waals surface area contributed by atoms with Gasteiger partial charge in [0.25, 0.3) is 11.7 Å². The summed E-state index contributed by atoms with van der Waals surface area (Å²) in [6.45, 7) is 5.31. The second-order valence-corrected chi connectivity index (χ2v) is 8.27. The standard InChI is InChI=1S/C20H22BN5O3/c1-20(2,3)29-18(28)15-9-16(26-19(25-15)22-10-23-26)17(27)24-14-7-4-11-8-12(21)5-6-13(11)14/h5-6,8-10,14H,4,7,21H2,1-3H3,(H,24,27)/t14-/m0/s1. The highest BCUT2D eigenvalue weighted by Gasteiger charge is 2.27. The molecule has 4 rings (SSSR count). The molecule has 8 nitrogen and oxygen atoms in total. The zero-order chi connectivity index (χ0) is 20.8. The van der Waals surface area contributed by atoms with Gasteiger partial charge in [0, 0.05) is 6.07 Å². The molecule has 0 saturated heterocycles. The molecule has 1 amide bonds. The number of hydrogen-bond acceptors (Lipinski definition) is 6. The van der Waals surface area contributed by atoms with Gasteiger partial charge in [-0.15, -0.1) is 0 Å². The first-order valence-corrected chi connectivity index (χ1v) is 9.56. The Morgan fingerprint density at radius 3 is 2.83 bits per heavy atom. The molecule has 2 heterocycles. The Labute approximate surface area is 169 Å². The quantitative estimate of drug-likeness (QED) is 0.523. The van der Waals surface area contributed by atoms with Crippen LogP contribution in [0, 0.1) is 0 Å². The van der Waals surface area contributed by atoms with Gasteiger partial charge in [0.15, 0.2) is 5.69 Å². The fraction of sp³-hybridized carbons (Fsp3) is 0.350. The number of nitrogens with zero attached hydrogens (tertiary/aromatic N) is 4. The molecule has 29 heavy (non-hydrogen) atoms. The van der Waals surface area contributed by atoms with Crippen LogP contribution in [0.15, 0.2) is 30.6 Å². The van der Waals surface area contributed by atoms with Crippen molar-refractivity contribution < 1.29 is 14.3 Å². The Balaban J connectivity index is 1.64. The van der Waals surface area contributed by atoms with Crippen LogP contribution >= 0.6 is 0 Å². The van der Waals surface area contributed by atoms with Crippen LogP contribution in [0.1, 0.15) is 65.3 Å². The minimum absolute atomic E-state index is 0.0213. The van der Waals surface area contributed by atoms with E-state index in [-0.39, 0.29) is 29.1 Å². The van der Waals surface area contributed by atoms with Crippen molar-refractivity contribution >= 4 is 31.0 Å². The molecular formula is C20H22BN5O3. The molecular weight excluding hydrogens is 369 g/mol. The first kappa shape index (κ1) is 19.1. The number of hydrogen-bond donors (Lipinski definition) is 1. The van der Waals surface area contributed by atoms with Crippen LogP contribution in [0.2, 0.25) is 0 Å². The molecule has 1 aliphatic carbocycles. The predicted octanol–water partition coefficient (Wildman–Crippen LogP) is 0.755. The molecule has 0 fully saturated rings. The van der Waals surface area contributed by atoms with Gasteiger partial charge in [-0.3, -0.25) is 4.79 Å². The Morgan fingerprint density at radius 2 is 2.07 bits per heavy atom. The molecule has 1 N–H and O–H groups in total. The monoisotopic (exact) mass is 391 g/mol. The number of aromatic nitrogens is 4. The van der Waals surface area contributed by atoms with Crippen molar-refractivity contribution in [3.8, 4) is 0 Å². The van der Waals surface area contributed by atoms with Gasteiger partial charge < -0.3 is 10.1 Å². The van der Waals surface area contributed by atoms with Gasteiger partial charge in [-0.1, -0.05) is 23.7 Å². The number of carbonyl (C=O) groups excluding carboxylic acids is 2. The lowest BCUT2D eigenvalue weighted by atomic mass is 9.92. The fourth-order valence-electron chi connectivity index (χ4n) is 3.54. The normalized spacial score (nSPS) is 15.9. The first-order chi connectivity index (χ1) is 13.7. The Hall–Kier alpha value is -3.23. The van der Waals surface area contributed by atoms with Crippen LogP contribution in [0.4, 0.5) is 0 Å². The van der Waals surface area contributed by atoms with Crippen molar-refractivity contribution in [2.75, 3.05) is 0 Å². The van der Waals surface area contributed by atoms with Crippen LogP contribution < -0.4 is 10.8 Å². The maximum absolute atomic E-state index is 13.1. The molecule has 2 aromatic heterocycles. The van der Waals surface area contributed by atoms with E-state index >= 15 is 0 Å². The minimum atomic E-state index is -0.674. The Kier molecular flexibility index (Phi) is 4.60. The third kappa shape index (κ3) is 3.85. The van der Waals surface area contributed by atoms with Crippen LogP contribution in [-0.2, 0) is 11.2 Å². The molecule has 0 radical (unpaired) electrons. The van der Waals surface area contributed by atoms with Gasteiger partial charge in [0.2, 0.25) is 0 Å². The molecule has 1 aromatic carbocycles. The lowest BCUT2D eigenvalue weighted by Crippen LogP contribution is -2.30. The lowest BCUT2D eigenvalue weighted by Gasteiger charge is -2.19. The SMILES string of the molecule is Bc1ccc2c(c1)CC[C@@H]2NC(=O)c1cc(C(=O)OC(C)(C)C)nc2ncnn12. The maximum atomic E-state index is 13.1. The Bertz CT molecular complexity index is 1120. The summed E-state index contributed by atoms with van der Waals surface area (Å²) in [4.78, 5) is 33.7. The zero-order valence-electron chi connectivity index (χ0n) is 16.9. The summed E-state index contributed by atoms with van der Waals surface area (Å²) in [5.74, 6) is -0.786. The fourth-order valence-corrected chi connectivity index (χ4v) is 3.54. The van der Waals surface area contributed by atoms with Gasteiger partial charge in [0.05, 0.1) is 6.04 Å². The number of benzene rings is 1. The van der Waals surface area contributed by atoms with E-state index in [2.05, 4.69) is 40.4 Å². The highest BCUT2D eigenvalue weighted by Crippen LogP contribution is 2.30. The highest BCUT2D eigenvalue weighted by molar-refractivity contribution is 6.32. The van der Waals surface area contributed by atoms with Crippen molar-refractivity contribution in [1.82, 2.24) is 24.9 Å². The van der Waals surface area contributed by atoms with Crippen LogP contribution in [0.25, 0.3) is 5.78 Å². The molecule has 9 heteroatoms. The summed E-state index contributed by atoms with van der Waals surface area (Å²) in [6.07, 6.45) is 3.04. The first-order valence-electron chi connectivity index (χ1n) is 9.56. The van der Waals surface area contributed by atoms with E-state index in [0.717, 1.165) is 18.4 Å². The van der Waals surface area contributed by atoms with E-state index in [9.17, 15) is 9.59 Å². The molecule has 0 saturated carbocycles. The molecule has 148 valence electrons. The topological polar surface area (TPSA) is 98.5 Å². The van der Waals surface area contributed by atoms with Crippen molar-refractivity contribution in [2.24, 2.45) is 0 Å². The van der Waals surface area contributed by atoms with Gasteiger partial charge >= 0.3 is 5.97 Å². The van der Waals surface area contributed by atoms with Gasteiger partial charge in [0.1, 0.15) is 25.5 Å². The molecule has 0 bridgehead atoms. The molecule has 0 aliphatic heterocycles. The van der Waals surface area contributed by atoms with Crippen molar-refractivity contribution in [2.45, 2.75) is 45.3 Å². The van der Waals surface area contributed by atoms with E-state index in [1.165, 1.54) is 27.9 Å². The second-order valence-electron chi connectivity index (χ2n) is 8.27. The number of nitrogens with one attached hydrogen (secondary N) is 1. The summed E-state index contributed by atoms with van der Waals surface area (Å²) in [7, 11) is 2.06. The average Bonchev–Trinajstić information content (AvgIpc) is 3.26. The van der Waals surface area contributed by atoms with Crippen LogP contribution in [-0.4, -0.2) is 44.9 Å². The second kappa shape index (κ2) is 6.99. The smallest absolute Gasteiger partial charge is 0.357 e. The van der Waals surface area contributed by atoms with E-state index in [1.807, 2.05) is 6.07 Å². The molecule has 3 aromatic rings. The Morgan fingerprint density at radius 1 is 1.28 bits per heavy atom. The van der Waals surface area contributed by atoms with Crippen molar-refractivity contribution in [3.63, 3.8) is 0 Å². The van der Waals surface area contributed by atoms with Crippen molar-refractivity contribution in [1.29, 1.82) is 0 Å². The summed E-state index contributed by atoms with van der Waals surface area (Å²) in [6, 6.07) is 7.58. The number of fused-ring (bicyclic) bond motifs is 2. The molecule has 1 atom stereocenters. The maximum Gasteiger partial charge on any atom is 0.357 e. The van der Waals surface area contributed by atoms with Gasteiger partial charge in [-0.05, 0) is 44.7 Å². The van der Waals surface area contributed by atoms with Crippen molar-refractivity contribution in [3.05, 3.63) is 53.1 Å². The molecule has 0 unspecified atom stereocenters. The third-order valence-corrected chi connectivity index (χ3v) is 4.77. The average molecular weight is 391 g/mol. The number of aryl methyl sites for hydroxylation is 1. The van der Waals surface area contributed by atoms with Crippen LogP contribution in [0.5, 0.6) is 0 Å². The minimum Gasteiger partial charge on any atom is -0.455 e. The van der Waals surface area contributed by atoms with Gasteiger partial charge in [-0.25, -0.2) is 9.78 Å². The summed E-state index contributed by atoms with van der Waals surface area (Å²) in [5.41, 5.74) is 3.12. The van der Waals surface area contributed by atoms with Gasteiger partial charge in [-0.2, -0.15) is 14.6 Å². The number of rotatable bonds is 3. The highest BCUT2D eigenvalue weighted by atomic mass is 16.6. The lowest BCUT2D eigenvalue weighted by molar-refractivity contribution is 0.00629. The number of esters is 1. The van der Waals surface area contributed by atoms with E-state index in [1.54, 1.807) is 20.8 Å². The molecule has 0 spiro atoms. The number of carbonyl (C=O) groups is 2. The molecule has 1 aliphatic rings. The third-order valence-electron chi connectivity index (χ3n) is 4.77. The largest absolute Gasteiger partial charge is 0.455 e. The van der Waals surface area contributed by atoms with E-state index < -0.39 is 11.6 Å².